The lowest BCUT2D eigenvalue weighted by atomic mass is 10.1. The van der Waals surface area contributed by atoms with E-state index in [-0.39, 0.29) is 5.91 Å². The van der Waals surface area contributed by atoms with Gasteiger partial charge in [-0.1, -0.05) is 60.3 Å². The van der Waals surface area contributed by atoms with Gasteiger partial charge in [0.2, 0.25) is 0 Å². The first-order chi connectivity index (χ1) is 14.8. The molecule has 0 saturated heterocycles. The van der Waals surface area contributed by atoms with Crippen LogP contribution in [0.5, 0.6) is 0 Å². The third kappa shape index (κ3) is 4.83. The summed E-state index contributed by atoms with van der Waals surface area (Å²) in [5, 5.41) is 0.720. The van der Waals surface area contributed by atoms with Crippen LogP contribution in [0.25, 0.3) is 11.0 Å². The van der Waals surface area contributed by atoms with E-state index in [2.05, 4.69) is 34.3 Å². The van der Waals surface area contributed by atoms with Crippen LogP contribution in [0.15, 0.2) is 40.9 Å². The van der Waals surface area contributed by atoms with Crippen molar-refractivity contribution >= 4 is 44.5 Å². The Morgan fingerprint density at radius 1 is 1.23 bits per heavy atom. The molecule has 1 fully saturated rings. The first-order valence-corrected chi connectivity index (χ1v) is 12.2. The van der Waals surface area contributed by atoms with Gasteiger partial charge in [0.05, 0.1) is 17.6 Å². The first-order valence-electron chi connectivity index (χ1n) is 11.0. The number of carbonyl (C=O) groups is 1. The van der Waals surface area contributed by atoms with Crippen molar-refractivity contribution < 1.29 is 4.79 Å². The number of amides is 1. The highest BCUT2D eigenvalue weighted by Gasteiger charge is 2.26. The third-order valence-electron chi connectivity index (χ3n) is 6.04. The van der Waals surface area contributed by atoms with Crippen LogP contribution >= 0.6 is 27.5 Å². The van der Waals surface area contributed by atoms with Gasteiger partial charge in [-0.05, 0) is 61.6 Å². The second-order valence-corrected chi connectivity index (χ2v) is 10.3. The molecule has 0 atom stereocenters. The number of aromatic nitrogens is 2. The molecule has 1 aliphatic rings. The zero-order valence-corrected chi connectivity index (χ0v) is 20.7. The molecule has 164 valence electrons. The predicted octanol–water partition coefficient (Wildman–Crippen LogP) is 7.17. The van der Waals surface area contributed by atoms with E-state index in [1.807, 2.05) is 48.2 Å². The van der Waals surface area contributed by atoms with Crippen molar-refractivity contribution in [2.24, 2.45) is 5.92 Å². The Balaban J connectivity index is 1.73. The normalized spacial score (nSPS) is 14.6. The fraction of sp³-hybridized carbons (Fsp3) is 0.440. The van der Waals surface area contributed by atoms with Crippen molar-refractivity contribution in [1.82, 2.24) is 14.5 Å². The monoisotopic (exact) mass is 501 g/mol. The lowest BCUT2D eigenvalue weighted by Gasteiger charge is -2.26. The molecule has 1 aliphatic carbocycles. The molecule has 4 nitrogen and oxygen atoms in total. The van der Waals surface area contributed by atoms with Crippen molar-refractivity contribution in [3.05, 3.63) is 62.8 Å². The average molecular weight is 503 g/mol. The Morgan fingerprint density at radius 3 is 2.65 bits per heavy atom. The quantitative estimate of drug-likeness (QED) is 0.358. The summed E-state index contributed by atoms with van der Waals surface area (Å²) in [6, 6.07) is 12.1. The molecular weight excluding hydrogens is 474 g/mol. The number of halogens is 2. The zero-order valence-electron chi connectivity index (χ0n) is 18.4. The molecule has 31 heavy (non-hydrogen) atoms. The molecule has 0 radical (unpaired) electrons. The zero-order chi connectivity index (χ0) is 22.1. The van der Waals surface area contributed by atoms with Crippen LogP contribution < -0.4 is 0 Å². The molecule has 4 rings (SSSR count). The summed E-state index contributed by atoms with van der Waals surface area (Å²) in [6.45, 7) is 7.49. The number of fused-ring (bicyclic) bond motifs is 1. The van der Waals surface area contributed by atoms with Gasteiger partial charge in [-0.25, -0.2) is 4.98 Å². The Hall–Kier alpha value is -1.85. The van der Waals surface area contributed by atoms with Crippen LogP contribution in [0.1, 0.15) is 67.3 Å². The lowest BCUT2D eigenvalue weighted by molar-refractivity contribution is 0.0715. The SMILES string of the molecule is Cc1ccc(C(=O)N(Cc2nc3ccc(Cl)cc3n2C2CCCC2)CC(C)C)cc1Br. The highest BCUT2D eigenvalue weighted by molar-refractivity contribution is 9.10. The van der Waals surface area contributed by atoms with Gasteiger partial charge >= 0.3 is 0 Å². The molecular formula is C25H29BrClN3O. The first kappa shape index (κ1) is 22.3. The number of rotatable bonds is 6. The number of aryl methyl sites for hydroxylation is 1. The molecule has 2 aromatic carbocycles. The van der Waals surface area contributed by atoms with Crippen LogP contribution in [-0.2, 0) is 6.54 Å². The summed E-state index contributed by atoms with van der Waals surface area (Å²) < 4.78 is 3.30. The smallest absolute Gasteiger partial charge is 0.254 e. The van der Waals surface area contributed by atoms with E-state index in [9.17, 15) is 4.79 Å². The van der Waals surface area contributed by atoms with E-state index in [0.29, 0.717) is 30.6 Å². The molecule has 0 unspecified atom stereocenters. The fourth-order valence-electron chi connectivity index (χ4n) is 4.54. The van der Waals surface area contributed by atoms with Gasteiger partial charge in [0, 0.05) is 27.6 Å². The number of nitrogens with zero attached hydrogens (tertiary/aromatic N) is 3. The Labute approximate surface area is 197 Å². The molecule has 3 aromatic rings. The van der Waals surface area contributed by atoms with Crippen LogP contribution in [-0.4, -0.2) is 26.9 Å². The van der Waals surface area contributed by atoms with Crippen molar-refractivity contribution in [3.63, 3.8) is 0 Å². The molecule has 0 bridgehead atoms. The predicted molar refractivity (Wildman–Crippen MR) is 131 cm³/mol. The number of hydrogen-bond donors (Lipinski definition) is 0. The van der Waals surface area contributed by atoms with Crippen molar-refractivity contribution in [3.8, 4) is 0 Å². The van der Waals surface area contributed by atoms with Gasteiger partial charge in [-0.2, -0.15) is 0 Å². The Morgan fingerprint density at radius 2 is 1.97 bits per heavy atom. The number of carbonyl (C=O) groups excluding carboxylic acids is 1. The summed E-state index contributed by atoms with van der Waals surface area (Å²) in [5.41, 5.74) is 3.84. The molecule has 0 aliphatic heterocycles. The lowest BCUT2D eigenvalue weighted by Crippen LogP contribution is -2.35. The maximum absolute atomic E-state index is 13.5. The summed E-state index contributed by atoms with van der Waals surface area (Å²) in [6.07, 6.45) is 4.76. The molecule has 1 heterocycles. The summed E-state index contributed by atoms with van der Waals surface area (Å²) in [4.78, 5) is 20.4. The van der Waals surface area contributed by atoms with Crippen LogP contribution in [0, 0.1) is 12.8 Å². The molecule has 1 aromatic heterocycles. The topological polar surface area (TPSA) is 38.1 Å². The van der Waals surface area contributed by atoms with Gasteiger partial charge in [0.15, 0.2) is 0 Å². The van der Waals surface area contributed by atoms with Gasteiger partial charge in [-0.3, -0.25) is 4.79 Å². The maximum Gasteiger partial charge on any atom is 0.254 e. The van der Waals surface area contributed by atoms with Gasteiger partial charge in [0.1, 0.15) is 5.82 Å². The Kier molecular flexibility index (Phi) is 6.73. The number of benzene rings is 2. The summed E-state index contributed by atoms with van der Waals surface area (Å²) >= 11 is 9.90. The Bertz CT molecular complexity index is 1100. The largest absolute Gasteiger partial charge is 0.331 e. The standard InChI is InChI=1S/C25H29BrClN3O/c1-16(2)14-29(25(31)18-9-8-17(3)21(26)12-18)15-24-28-22-11-10-19(27)13-23(22)30(24)20-6-4-5-7-20/h8-13,16,20H,4-7,14-15H2,1-3H3. The van der Waals surface area contributed by atoms with E-state index in [1.54, 1.807) is 0 Å². The highest BCUT2D eigenvalue weighted by atomic mass is 79.9. The van der Waals surface area contributed by atoms with E-state index < -0.39 is 0 Å². The molecule has 1 amide bonds. The van der Waals surface area contributed by atoms with E-state index in [4.69, 9.17) is 16.6 Å². The number of hydrogen-bond acceptors (Lipinski definition) is 2. The molecule has 6 heteroatoms. The summed E-state index contributed by atoms with van der Waals surface area (Å²) in [5.74, 6) is 1.35. The number of imidazole rings is 1. The van der Waals surface area contributed by atoms with Crippen molar-refractivity contribution in [1.29, 1.82) is 0 Å². The minimum atomic E-state index is 0.0393. The van der Waals surface area contributed by atoms with Gasteiger partial charge < -0.3 is 9.47 Å². The summed E-state index contributed by atoms with van der Waals surface area (Å²) in [7, 11) is 0. The minimum Gasteiger partial charge on any atom is -0.331 e. The average Bonchev–Trinajstić information content (AvgIpc) is 3.35. The van der Waals surface area contributed by atoms with Crippen LogP contribution in [0.4, 0.5) is 0 Å². The van der Waals surface area contributed by atoms with Gasteiger partial charge in [0.25, 0.3) is 5.91 Å². The third-order valence-corrected chi connectivity index (χ3v) is 7.13. The van der Waals surface area contributed by atoms with Crippen molar-refractivity contribution in [2.45, 2.75) is 59.0 Å². The fourth-order valence-corrected chi connectivity index (χ4v) is 5.08. The molecule has 0 spiro atoms. The second-order valence-electron chi connectivity index (χ2n) is 9.01. The maximum atomic E-state index is 13.5. The van der Waals surface area contributed by atoms with E-state index >= 15 is 0 Å². The second kappa shape index (κ2) is 9.33. The van der Waals surface area contributed by atoms with Crippen LogP contribution in [0.3, 0.4) is 0 Å². The van der Waals surface area contributed by atoms with Gasteiger partial charge in [-0.15, -0.1) is 0 Å². The van der Waals surface area contributed by atoms with Crippen molar-refractivity contribution in [2.75, 3.05) is 6.54 Å². The highest BCUT2D eigenvalue weighted by Crippen LogP contribution is 2.35. The minimum absolute atomic E-state index is 0.0393. The van der Waals surface area contributed by atoms with E-state index in [1.165, 1.54) is 12.8 Å². The molecule has 0 N–H and O–H groups in total. The molecule has 1 saturated carbocycles. The van der Waals surface area contributed by atoms with Crippen LogP contribution in [0.2, 0.25) is 5.02 Å². The van der Waals surface area contributed by atoms with E-state index in [0.717, 1.165) is 44.8 Å².